The smallest absolute Gasteiger partial charge is 0.184 e. The highest BCUT2D eigenvalue weighted by Gasteiger charge is 2.19. The highest BCUT2D eigenvalue weighted by atomic mass is 28.4. The summed E-state index contributed by atoms with van der Waals surface area (Å²) in [6.45, 7) is 11.4. The van der Waals surface area contributed by atoms with Crippen molar-refractivity contribution >= 4 is 8.32 Å². The Morgan fingerprint density at radius 2 is 1.28 bits per heavy atom. The lowest BCUT2D eigenvalue weighted by Gasteiger charge is -2.25. The van der Waals surface area contributed by atoms with Crippen molar-refractivity contribution in [1.82, 2.24) is 0 Å². The molecule has 0 spiro atoms. The van der Waals surface area contributed by atoms with E-state index in [9.17, 15) is 0 Å². The Morgan fingerprint density at radius 1 is 0.778 bits per heavy atom. The van der Waals surface area contributed by atoms with Gasteiger partial charge in [-0.05, 0) is 32.5 Å². The lowest BCUT2D eigenvalue weighted by atomic mass is 10.0. The molecule has 0 aliphatic heterocycles. The molecule has 0 heterocycles. The van der Waals surface area contributed by atoms with E-state index in [-0.39, 0.29) is 0 Å². The minimum atomic E-state index is -1.33. The zero-order valence-corrected chi connectivity index (χ0v) is 14.6. The SMILES string of the molecule is CCCCCCCCCCC(CC)O[Si](C)(C)C. The molecule has 18 heavy (non-hydrogen) atoms. The van der Waals surface area contributed by atoms with Crippen molar-refractivity contribution in [3.8, 4) is 0 Å². The molecule has 0 amide bonds. The molecule has 110 valence electrons. The van der Waals surface area contributed by atoms with E-state index in [2.05, 4.69) is 33.5 Å². The third-order valence-corrected chi connectivity index (χ3v) is 4.40. The van der Waals surface area contributed by atoms with Crippen LogP contribution in [-0.2, 0) is 4.43 Å². The molecule has 0 aliphatic rings. The molecule has 0 rings (SSSR count). The largest absolute Gasteiger partial charge is 0.415 e. The van der Waals surface area contributed by atoms with Crippen LogP contribution in [0.25, 0.3) is 0 Å². The van der Waals surface area contributed by atoms with Crippen molar-refractivity contribution in [3.05, 3.63) is 0 Å². The predicted octanol–water partition coefficient (Wildman–Crippen LogP) is 6.15. The van der Waals surface area contributed by atoms with Gasteiger partial charge >= 0.3 is 0 Å². The average Bonchev–Trinajstić information content (AvgIpc) is 2.29. The summed E-state index contributed by atoms with van der Waals surface area (Å²) >= 11 is 0. The molecule has 1 unspecified atom stereocenters. The summed E-state index contributed by atoms with van der Waals surface area (Å²) in [5.41, 5.74) is 0. The molecule has 0 aromatic carbocycles. The normalized spacial score (nSPS) is 13.8. The third-order valence-electron chi connectivity index (χ3n) is 3.36. The molecule has 0 saturated carbocycles. The van der Waals surface area contributed by atoms with E-state index < -0.39 is 8.32 Å². The summed E-state index contributed by atoms with van der Waals surface area (Å²) in [6, 6.07) is 0. The first-order valence-electron chi connectivity index (χ1n) is 8.17. The fourth-order valence-corrected chi connectivity index (χ4v) is 3.64. The van der Waals surface area contributed by atoms with Crippen LogP contribution in [0, 0.1) is 0 Å². The number of hydrogen-bond donors (Lipinski definition) is 0. The van der Waals surface area contributed by atoms with Crippen molar-refractivity contribution in [2.45, 2.75) is 104 Å². The van der Waals surface area contributed by atoms with Crippen LogP contribution in [0.5, 0.6) is 0 Å². The van der Waals surface area contributed by atoms with Crippen molar-refractivity contribution in [1.29, 1.82) is 0 Å². The molecular formula is C16H36OSi. The molecule has 0 N–H and O–H groups in total. The minimum absolute atomic E-state index is 0.525. The van der Waals surface area contributed by atoms with Crippen molar-refractivity contribution in [2.24, 2.45) is 0 Å². The lowest BCUT2D eigenvalue weighted by molar-refractivity contribution is 0.175. The minimum Gasteiger partial charge on any atom is -0.415 e. The van der Waals surface area contributed by atoms with Gasteiger partial charge in [0.2, 0.25) is 0 Å². The first kappa shape index (κ1) is 18.2. The zero-order chi connectivity index (χ0) is 13.9. The Balaban J connectivity index is 3.40. The van der Waals surface area contributed by atoms with Gasteiger partial charge in [-0.3, -0.25) is 0 Å². The summed E-state index contributed by atoms with van der Waals surface area (Å²) in [7, 11) is -1.33. The maximum atomic E-state index is 6.19. The van der Waals surface area contributed by atoms with Gasteiger partial charge in [0.25, 0.3) is 0 Å². The summed E-state index contributed by atoms with van der Waals surface area (Å²) in [5.74, 6) is 0. The van der Waals surface area contributed by atoms with Crippen LogP contribution in [-0.4, -0.2) is 14.4 Å². The molecule has 0 aromatic heterocycles. The highest BCUT2D eigenvalue weighted by Crippen LogP contribution is 2.17. The molecule has 0 aromatic rings. The van der Waals surface area contributed by atoms with Crippen molar-refractivity contribution in [3.63, 3.8) is 0 Å². The first-order chi connectivity index (χ1) is 8.49. The topological polar surface area (TPSA) is 9.23 Å². The third kappa shape index (κ3) is 12.6. The maximum absolute atomic E-state index is 6.19. The van der Waals surface area contributed by atoms with E-state index in [1.807, 2.05) is 0 Å². The van der Waals surface area contributed by atoms with Crippen LogP contribution in [0.3, 0.4) is 0 Å². The Labute approximate surface area is 117 Å². The van der Waals surface area contributed by atoms with Gasteiger partial charge in [0.1, 0.15) is 0 Å². The molecule has 0 bridgehead atoms. The van der Waals surface area contributed by atoms with Gasteiger partial charge in [-0.2, -0.15) is 0 Å². The molecule has 1 atom stereocenters. The summed E-state index contributed by atoms with van der Waals surface area (Å²) in [4.78, 5) is 0. The van der Waals surface area contributed by atoms with Gasteiger partial charge in [0.05, 0.1) is 0 Å². The van der Waals surface area contributed by atoms with E-state index in [4.69, 9.17) is 4.43 Å². The highest BCUT2D eigenvalue weighted by molar-refractivity contribution is 6.69. The molecule has 0 aliphatic carbocycles. The second kappa shape index (κ2) is 11.0. The number of rotatable bonds is 12. The Hall–Kier alpha value is 0.177. The van der Waals surface area contributed by atoms with Crippen LogP contribution in [0.4, 0.5) is 0 Å². The van der Waals surface area contributed by atoms with Crippen LogP contribution >= 0.6 is 0 Å². The molecule has 0 radical (unpaired) electrons. The average molecular weight is 273 g/mol. The monoisotopic (exact) mass is 272 g/mol. The van der Waals surface area contributed by atoms with Gasteiger partial charge < -0.3 is 4.43 Å². The van der Waals surface area contributed by atoms with Gasteiger partial charge in [0.15, 0.2) is 8.32 Å². The molecule has 0 saturated heterocycles. The molecule has 0 fully saturated rings. The summed E-state index contributed by atoms with van der Waals surface area (Å²) < 4.78 is 6.19. The standard InChI is InChI=1S/C16H36OSi/c1-6-8-9-10-11-12-13-14-15-16(7-2)17-18(3,4)5/h16H,6-15H2,1-5H3. The van der Waals surface area contributed by atoms with Gasteiger partial charge in [-0.15, -0.1) is 0 Å². The second-order valence-corrected chi connectivity index (χ2v) is 11.0. The van der Waals surface area contributed by atoms with Crippen LogP contribution in [0.2, 0.25) is 19.6 Å². The number of unbranched alkanes of at least 4 members (excludes halogenated alkanes) is 7. The first-order valence-corrected chi connectivity index (χ1v) is 11.6. The Kier molecular flexibility index (Phi) is 11.1. The lowest BCUT2D eigenvalue weighted by Crippen LogP contribution is -2.31. The van der Waals surface area contributed by atoms with Crippen molar-refractivity contribution in [2.75, 3.05) is 0 Å². The summed E-state index contributed by atoms with van der Waals surface area (Å²) in [6.07, 6.45) is 14.2. The second-order valence-electron chi connectivity index (χ2n) is 6.52. The fraction of sp³-hybridized carbons (Fsp3) is 1.00. The van der Waals surface area contributed by atoms with Crippen LogP contribution in [0.15, 0.2) is 0 Å². The van der Waals surface area contributed by atoms with E-state index in [1.54, 1.807) is 0 Å². The van der Waals surface area contributed by atoms with Crippen molar-refractivity contribution < 1.29 is 4.43 Å². The van der Waals surface area contributed by atoms with E-state index >= 15 is 0 Å². The fourth-order valence-electron chi connectivity index (χ4n) is 2.35. The van der Waals surface area contributed by atoms with Gasteiger partial charge in [-0.1, -0.05) is 65.2 Å². The quantitative estimate of drug-likeness (QED) is 0.306. The van der Waals surface area contributed by atoms with E-state index in [0.717, 1.165) is 0 Å². The van der Waals surface area contributed by atoms with Crippen LogP contribution in [0.1, 0.15) is 78.1 Å². The molecule has 1 nitrogen and oxygen atoms in total. The van der Waals surface area contributed by atoms with E-state index in [1.165, 1.54) is 64.2 Å². The zero-order valence-electron chi connectivity index (χ0n) is 13.6. The Morgan fingerprint density at radius 3 is 1.72 bits per heavy atom. The maximum Gasteiger partial charge on any atom is 0.184 e. The van der Waals surface area contributed by atoms with Gasteiger partial charge in [0, 0.05) is 6.10 Å². The van der Waals surface area contributed by atoms with E-state index in [0.29, 0.717) is 6.10 Å². The number of hydrogen-bond acceptors (Lipinski definition) is 1. The summed E-state index contributed by atoms with van der Waals surface area (Å²) in [5, 5.41) is 0. The van der Waals surface area contributed by atoms with Crippen LogP contribution < -0.4 is 0 Å². The molecule has 2 heteroatoms. The Bertz CT molecular complexity index is 174. The predicted molar refractivity (Wildman–Crippen MR) is 85.7 cm³/mol. The molecular weight excluding hydrogens is 236 g/mol. The van der Waals surface area contributed by atoms with Gasteiger partial charge in [-0.25, -0.2) is 0 Å².